The molecule has 2 heterocycles. The lowest BCUT2D eigenvalue weighted by Crippen LogP contribution is -2.33. The number of carbonyl (C=O) groups excluding carboxylic acids is 1. The fourth-order valence-corrected chi connectivity index (χ4v) is 6.85. The summed E-state index contributed by atoms with van der Waals surface area (Å²) in [5.41, 5.74) is 1.21. The van der Waals surface area contributed by atoms with Crippen molar-refractivity contribution in [2.75, 3.05) is 13.7 Å². The third-order valence-corrected chi connectivity index (χ3v) is 9.40. The van der Waals surface area contributed by atoms with Crippen molar-refractivity contribution in [1.82, 2.24) is 13.3 Å². The molecule has 0 saturated carbocycles. The van der Waals surface area contributed by atoms with Gasteiger partial charge in [-0.2, -0.15) is 9.57 Å². The van der Waals surface area contributed by atoms with E-state index in [-0.39, 0.29) is 21.8 Å². The molecule has 0 aliphatic rings. The number of hydrogen-bond donors (Lipinski definition) is 0. The van der Waals surface area contributed by atoms with E-state index in [0.717, 1.165) is 9.87 Å². The number of hydrogen-bond acceptors (Lipinski definition) is 7. The summed E-state index contributed by atoms with van der Waals surface area (Å²) in [6, 6.07) is 18.3. The molecule has 0 N–H and O–H groups in total. The molecule has 1 atom stereocenters. The fraction of sp³-hybridized carbons (Fsp3) is 0.160. The molecule has 2 aromatic carbocycles. The molecule has 9 nitrogen and oxygen atoms in total. The molecule has 4 rings (SSSR count). The molecule has 190 valence electrons. The van der Waals surface area contributed by atoms with Gasteiger partial charge in [-0.15, -0.1) is 3.97 Å². The Morgan fingerprint density at radius 2 is 1.86 bits per heavy atom. The first-order valence-electron chi connectivity index (χ1n) is 10.9. The summed E-state index contributed by atoms with van der Waals surface area (Å²) in [6.45, 7) is 0.906. The number of pyridine rings is 1. The average molecular weight is 603 g/mol. The third kappa shape index (κ3) is 5.21. The van der Waals surface area contributed by atoms with Crippen LogP contribution in [0.3, 0.4) is 0 Å². The lowest BCUT2D eigenvalue weighted by Gasteiger charge is -2.20. The maximum atomic E-state index is 13.9. The molecular weight excluding hydrogens is 580 g/mol. The standard InChI is InChI=1S/C25H21BrN4O5S2/c1-17-8-10-20(11-9-17)37(33,34)29(13-12-27)16-22-23(25(31)35-2)21-14-18(26)15-28-24(21)30(22)36(32)19-6-4-3-5-7-19/h3-11,14-15H,13,16H2,1-2H3/p+1. The van der Waals surface area contributed by atoms with Crippen LogP contribution in [-0.2, 0) is 36.5 Å². The number of benzene rings is 2. The number of methoxy groups -OCH3 is 1. The first-order chi connectivity index (χ1) is 17.7. The second kappa shape index (κ2) is 10.9. The number of carbonyl (C=O) groups is 1. The van der Waals surface area contributed by atoms with Crippen molar-refractivity contribution in [1.29, 1.82) is 5.26 Å². The second-order valence-electron chi connectivity index (χ2n) is 8.00. The molecule has 0 fully saturated rings. The zero-order chi connectivity index (χ0) is 26.7. The van der Waals surface area contributed by atoms with Crippen molar-refractivity contribution >= 4 is 53.9 Å². The highest BCUT2D eigenvalue weighted by atomic mass is 79.9. The van der Waals surface area contributed by atoms with Gasteiger partial charge < -0.3 is 4.74 Å². The largest absolute Gasteiger partial charge is 0.465 e. The number of aromatic nitrogens is 2. The van der Waals surface area contributed by atoms with E-state index in [4.69, 9.17) is 4.74 Å². The van der Waals surface area contributed by atoms with Gasteiger partial charge in [-0.3, -0.25) is 0 Å². The number of esters is 1. The van der Waals surface area contributed by atoms with Crippen LogP contribution in [0.4, 0.5) is 0 Å². The van der Waals surface area contributed by atoms with Crippen molar-refractivity contribution in [2.45, 2.75) is 23.3 Å². The SMILES string of the molecule is COC(=O)c1c(CN(CC#N)S(=O)(=O)c2ccc(C)cc2)n([SH+](=O)c2ccccc2)c2ncc(Br)cc12. The first kappa shape index (κ1) is 26.7. The minimum Gasteiger partial charge on any atom is -0.465 e. The zero-order valence-electron chi connectivity index (χ0n) is 19.8. The Balaban J connectivity index is 1.98. The molecule has 0 aliphatic heterocycles. The van der Waals surface area contributed by atoms with Crippen molar-refractivity contribution in [3.05, 3.63) is 88.2 Å². The Kier molecular flexibility index (Phi) is 7.89. The van der Waals surface area contributed by atoms with Crippen LogP contribution in [0.1, 0.15) is 21.6 Å². The number of aryl methyl sites for hydroxylation is 1. The minimum absolute atomic E-state index is 0.0102. The summed E-state index contributed by atoms with van der Waals surface area (Å²) in [5, 5.41) is 9.83. The van der Waals surface area contributed by atoms with Gasteiger partial charge >= 0.3 is 5.97 Å². The van der Waals surface area contributed by atoms with Crippen LogP contribution in [0.15, 0.2) is 81.1 Å². The molecule has 2 aromatic heterocycles. The van der Waals surface area contributed by atoms with Gasteiger partial charge in [0.1, 0.15) is 12.2 Å². The molecular formula is C25H22BrN4O5S2+. The van der Waals surface area contributed by atoms with E-state index in [9.17, 15) is 22.7 Å². The van der Waals surface area contributed by atoms with Gasteiger partial charge in [0, 0.05) is 16.1 Å². The fourth-order valence-electron chi connectivity index (χ4n) is 3.85. The van der Waals surface area contributed by atoms with Gasteiger partial charge in [-0.05, 0) is 53.2 Å². The molecule has 0 bridgehead atoms. The number of sulfonamides is 1. The summed E-state index contributed by atoms with van der Waals surface area (Å²) in [7, 11) is -5.32. The Bertz CT molecular complexity index is 1650. The van der Waals surface area contributed by atoms with Gasteiger partial charge in [0.2, 0.25) is 21.0 Å². The molecule has 4 aromatic rings. The number of ether oxygens (including phenoxy) is 1. The number of halogens is 1. The predicted octanol–water partition coefficient (Wildman–Crippen LogP) is 4.13. The van der Waals surface area contributed by atoms with Gasteiger partial charge in [-0.1, -0.05) is 40.1 Å². The van der Waals surface area contributed by atoms with Gasteiger partial charge in [-0.25, -0.2) is 18.2 Å². The maximum Gasteiger partial charge on any atom is 0.340 e. The Morgan fingerprint density at radius 1 is 1.19 bits per heavy atom. The highest BCUT2D eigenvalue weighted by molar-refractivity contribution is 9.10. The summed E-state index contributed by atoms with van der Waals surface area (Å²) in [6.07, 6.45) is 1.49. The lowest BCUT2D eigenvalue weighted by atomic mass is 10.1. The van der Waals surface area contributed by atoms with E-state index in [2.05, 4.69) is 20.9 Å². The monoisotopic (exact) mass is 601 g/mol. The van der Waals surface area contributed by atoms with Crippen LogP contribution in [0.2, 0.25) is 0 Å². The highest BCUT2D eigenvalue weighted by Gasteiger charge is 2.35. The molecule has 0 spiro atoms. The summed E-state index contributed by atoms with van der Waals surface area (Å²) in [4.78, 5) is 17.9. The van der Waals surface area contributed by atoms with E-state index >= 15 is 0 Å². The number of thiol groups is 1. The van der Waals surface area contributed by atoms with Crippen molar-refractivity contribution in [2.24, 2.45) is 0 Å². The van der Waals surface area contributed by atoms with Crippen LogP contribution in [0.25, 0.3) is 11.0 Å². The second-order valence-corrected chi connectivity index (χ2v) is 12.3. The highest BCUT2D eigenvalue weighted by Crippen LogP contribution is 2.32. The number of nitrogens with zero attached hydrogens (tertiary/aromatic N) is 4. The molecule has 0 amide bonds. The normalized spacial score (nSPS) is 12.4. The molecule has 12 heteroatoms. The van der Waals surface area contributed by atoms with Crippen LogP contribution in [0.5, 0.6) is 0 Å². The van der Waals surface area contributed by atoms with E-state index in [0.29, 0.717) is 14.8 Å². The molecule has 0 radical (unpaired) electrons. The van der Waals surface area contributed by atoms with Gasteiger partial charge in [0.25, 0.3) is 0 Å². The van der Waals surface area contributed by atoms with Crippen molar-refractivity contribution in [3.63, 3.8) is 0 Å². The Hall–Kier alpha value is -3.37. The summed E-state index contributed by atoms with van der Waals surface area (Å²) < 4.78 is 48.9. The maximum absolute atomic E-state index is 13.9. The average Bonchev–Trinajstić information content (AvgIpc) is 3.21. The third-order valence-electron chi connectivity index (χ3n) is 5.63. The lowest BCUT2D eigenvalue weighted by molar-refractivity contribution is 0.0601. The minimum atomic E-state index is -4.16. The molecule has 1 unspecified atom stereocenters. The van der Waals surface area contributed by atoms with Crippen molar-refractivity contribution < 1.29 is 22.2 Å². The topological polar surface area (TPSA) is 122 Å². The first-order valence-corrected chi connectivity index (χ1v) is 14.4. The Labute approximate surface area is 225 Å². The predicted molar refractivity (Wildman–Crippen MR) is 143 cm³/mol. The Morgan fingerprint density at radius 3 is 2.49 bits per heavy atom. The van der Waals surface area contributed by atoms with E-state index in [1.165, 1.54) is 29.4 Å². The number of nitriles is 1. The zero-order valence-corrected chi connectivity index (χ0v) is 23.1. The summed E-state index contributed by atoms with van der Waals surface area (Å²) in [5.74, 6) is -0.750. The molecule has 0 aliphatic carbocycles. The van der Waals surface area contributed by atoms with Gasteiger partial charge in [0.05, 0.1) is 30.2 Å². The van der Waals surface area contributed by atoms with E-state index < -0.39 is 40.1 Å². The quantitative estimate of drug-likeness (QED) is 0.129. The summed E-state index contributed by atoms with van der Waals surface area (Å²) >= 11 is 3.35. The van der Waals surface area contributed by atoms with Crippen LogP contribution >= 0.6 is 15.9 Å². The van der Waals surface area contributed by atoms with E-state index in [1.54, 1.807) is 48.5 Å². The van der Waals surface area contributed by atoms with Crippen LogP contribution in [-0.4, -0.2) is 41.3 Å². The number of rotatable bonds is 8. The van der Waals surface area contributed by atoms with Crippen LogP contribution < -0.4 is 0 Å². The number of fused-ring (bicyclic) bond motifs is 1. The molecule has 0 saturated heterocycles. The smallest absolute Gasteiger partial charge is 0.340 e. The van der Waals surface area contributed by atoms with Crippen LogP contribution in [0, 0.1) is 18.3 Å². The molecule has 37 heavy (non-hydrogen) atoms. The van der Waals surface area contributed by atoms with Crippen molar-refractivity contribution in [3.8, 4) is 6.07 Å². The van der Waals surface area contributed by atoms with Gasteiger partial charge in [0.15, 0.2) is 10.5 Å². The van der Waals surface area contributed by atoms with E-state index in [1.807, 2.05) is 13.0 Å².